The number of nitriles is 1. The lowest BCUT2D eigenvalue weighted by molar-refractivity contribution is -0.132. The summed E-state index contributed by atoms with van der Waals surface area (Å²) >= 11 is 0. The van der Waals surface area contributed by atoms with Gasteiger partial charge in [-0.15, -0.1) is 0 Å². The van der Waals surface area contributed by atoms with Crippen molar-refractivity contribution in [3.8, 4) is 11.8 Å². The molecule has 2 rings (SSSR count). The van der Waals surface area contributed by atoms with Crippen LogP contribution in [0.4, 0.5) is 0 Å². The zero-order valence-corrected chi connectivity index (χ0v) is 9.32. The van der Waals surface area contributed by atoms with Crippen LogP contribution in [0.5, 0.6) is 0 Å². The molecule has 0 radical (unpaired) electrons. The monoisotopic (exact) mass is 239 g/mol. The molecule has 1 aromatic carbocycles. The van der Waals surface area contributed by atoms with Gasteiger partial charge in [0.05, 0.1) is 6.33 Å². The lowest BCUT2D eigenvalue weighted by atomic mass is 10.1. The van der Waals surface area contributed by atoms with E-state index in [4.69, 9.17) is 10.4 Å². The van der Waals surface area contributed by atoms with E-state index in [1.165, 1.54) is 6.08 Å². The van der Waals surface area contributed by atoms with Gasteiger partial charge < -0.3 is 9.67 Å². The first kappa shape index (κ1) is 11.6. The molecule has 0 fully saturated rings. The molecule has 0 amide bonds. The summed E-state index contributed by atoms with van der Waals surface area (Å²) in [7, 11) is 0. The summed E-state index contributed by atoms with van der Waals surface area (Å²) in [6, 6.07) is 8.78. The number of rotatable bonds is 3. The van der Waals surface area contributed by atoms with Crippen molar-refractivity contribution in [3.05, 3.63) is 54.1 Å². The Labute approximate surface area is 103 Å². The number of aromatic nitrogens is 2. The first-order valence-corrected chi connectivity index (χ1v) is 5.14. The van der Waals surface area contributed by atoms with Crippen molar-refractivity contribution in [2.24, 2.45) is 0 Å². The number of carbonyl (C=O) groups is 1. The fourth-order valence-electron chi connectivity index (χ4n) is 1.46. The lowest BCUT2D eigenvalue weighted by Crippen LogP contribution is -1.97. The molecule has 0 bridgehead atoms. The lowest BCUT2D eigenvalue weighted by Gasteiger charge is -2.02. The molecular formula is C13H9N3O2. The van der Waals surface area contributed by atoms with Crippen LogP contribution in [0.25, 0.3) is 11.8 Å². The molecule has 1 N–H and O–H groups in total. The number of nitrogens with zero attached hydrogens (tertiary/aromatic N) is 3. The number of imidazole rings is 1. The summed E-state index contributed by atoms with van der Waals surface area (Å²) in [5.41, 5.74) is 1.29. The summed E-state index contributed by atoms with van der Waals surface area (Å²) in [6.07, 6.45) is 6.48. The summed E-state index contributed by atoms with van der Waals surface area (Å²) in [6.45, 7) is 0. The molecule has 0 unspecified atom stereocenters. The predicted molar refractivity (Wildman–Crippen MR) is 64.8 cm³/mol. The van der Waals surface area contributed by atoms with E-state index in [2.05, 4.69) is 4.98 Å². The second-order valence-electron chi connectivity index (χ2n) is 3.54. The van der Waals surface area contributed by atoms with Gasteiger partial charge in [0.15, 0.2) is 0 Å². The quantitative estimate of drug-likeness (QED) is 0.655. The highest BCUT2D eigenvalue weighted by molar-refractivity contribution is 5.96. The molecule has 88 valence electrons. The van der Waals surface area contributed by atoms with Crippen LogP contribution >= 0.6 is 0 Å². The number of carboxylic acid groups (broad SMARTS) is 1. The minimum absolute atomic E-state index is 0.287. The number of hydrogen-bond donors (Lipinski definition) is 1. The van der Waals surface area contributed by atoms with Crippen molar-refractivity contribution in [2.45, 2.75) is 0 Å². The smallest absolute Gasteiger partial charge is 0.346 e. The Morgan fingerprint density at radius 1 is 1.39 bits per heavy atom. The highest BCUT2D eigenvalue weighted by atomic mass is 16.4. The Balaban J connectivity index is 2.29. The molecule has 0 saturated carbocycles. The van der Waals surface area contributed by atoms with Crippen LogP contribution in [-0.4, -0.2) is 20.6 Å². The van der Waals surface area contributed by atoms with E-state index in [1.54, 1.807) is 30.7 Å². The van der Waals surface area contributed by atoms with Crippen LogP contribution in [0.15, 0.2) is 48.6 Å². The molecule has 0 saturated heterocycles. The molecule has 0 aliphatic rings. The van der Waals surface area contributed by atoms with E-state index in [9.17, 15) is 4.79 Å². The Hall–Kier alpha value is -2.87. The maximum absolute atomic E-state index is 10.7. The fraction of sp³-hybridized carbons (Fsp3) is 0. The normalized spacial score (nSPS) is 10.9. The highest BCUT2D eigenvalue weighted by Gasteiger charge is 2.05. The molecule has 1 aromatic heterocycles. The maximum Gasteiger partial charge on any atom is 0.346 e. The Kier molecular flexibility index (Phi) is 3.21. The SMILES string of the molecule is N#C/C(=C\c1ccc(-n2ccnc2)cc1)C(=O)O. The van der Waals surface area contributed by atoms with E-state index in [0.29, 0.717) is 5.56 Å². The van der Waals surface area contributed by atoms with Crippen LogP contribution in [0, 0.1) is 11.3 Å². The van der Waals surface area contributed by atoms with Crippen molar-refractivity contribution >= 4 is 12.0 Å². The summed E-state index contributed by atoms with van der Waals surface area (Å²) < 4.78 is 1.83. The molecule has 0 aliphatic heterocycles. The zero-order chi connectivity index (χ0) is 13.0. The van der Waals surface area contributed by atoms with Crippen molar-refractivity contribution in [2.75, 3.05) is 0 Å². The third-order valence-corrected chi connectivity index (χ3v) is 2.36. The summed E-state index contributed by atoms with van der Waals surface area (Å²) in [5, 5.41) is 17.4. The van der Waals surface area contributed by atoms with Crippen LogP contribution in [0.2, 0.25) is 0 Å². The van der Waals surface area contributed by atoms with Gasteiger partial charge >= 0.3 is 5.97 Å². The van der Waals surface area contributed by atoms with Gasteiger partial charge in [0, 0.05) is 18.1 Å². The zero-order valence-electron chi connectivity index (χ0n) is 9.32. The van der Waals surface area contributed by atoms with Crippen LogP contribution in [0.3, 0.4) is 0 Å². The Morgan fingerprint density at radius 3 is 2.61 bits per heavy atom. The fourth-order valence-corrected chi connectivity index (χ4v) is 1.46. The Bertz CT molecular complexity index is 619. The summed E-state index contributed by atoms with van der Waals surface area (Å²) in [5.74, 6) is -1.23. The predicted octanol–water partition coefficient (Wildman–Crippen LogP) is 1.86. The molecule has 0 spiro atoms. The van der Waals surface area contributed by atoms with Crippen molar-refractivity contribution < 1.29 is 9.90 Å². The number of hydrogen-bond acceptors (Lipinski definition) is 3. The van der Waals surface area contributed by atoms with Crippen LogP contribution in [0.1, 0.15) is 5.56 Å². The topological polar surface area (TPSA) is 78.9 Å². The van der Waals surface area contributed by atoms with Gasteiger partial charge in [-0.2, -0.15) is 5.26 Å². The first-order chi connectivity index (χ1) is 8.70. The number of benzene rings is 1. The average molecular weight is 239 g/mol. The molecule has 18 heavy (non-hydrogen) atoms. The van der Waals surface area contributed by atoms with Gasteiger partial charge in [-0.1, -0.05) is 12.1 Å². The molecular weight excluding hydrogens is 230 g/mol. The second-order valence-corrected chi connectivity index (χ2v) is 3.54. The minimum Gasteiger partial charge on any atom is -0.477 e. The number of carboxylic acids is 1. The van der Waals surface area contributed by atoms with Gasteiger partial charge in [-0.05, 0) is 23.8 Å². The third-order valence-electron chi connectivity index (χ3n) is 2.36. The van der Waals surface area contributed by atoms with Crippen molar-refractivity contribution in [1.82, 2.24) is 9.55 Å². The van der Waals surface area contributed by atoms with Gasteiger partial charge in [0.25, 0.3) is 0 Å². The van der Waals surface area contributed by atoms with E-state index < -0.39 is 5.97 Å². The van der Waals surface area contributed by atoms with Crippen molar-refractivity contribution in [3.63, 3.8) is 0 Å². The van der Waals surface area contributed by atoms with E-state index in [0.717, 1.165) is 5.69 Å². The molecule has 2 aromatic rings. The van der Waals surface area contributed by atoms with Crippen LogP contribution < -0.4 is 0 Å². The minimum atomic E-state index is -1.23. The highest BCUT2D eigenvalue weighted by Crippen LogP contribution is 2.12. The average Bonchev–Trinajstić information content (AvgIpc) is 2.90. The standard InChI is InChI=1S/C13H9N3O2/c14-8-11(13(17)18)7-10-1-3-12(4-2-10)16-6-5-15-9-16/h1-7,9H,(H,17,18)/b11-7+. The van der Waals surface area contributed by atoms with Gasteiger partial charge in [0.2, 0.25) is 0 Å². The molecule has 5 nitrogen and oxygen atoms in total. The third kappa shape index (κ3) is 2.44. The van der Waals surface area contributed by atoms with E-state index in [-0.39, 0.29) is 5.57 Å². The number of aliphatic carboxylic acids is 1. The Morgan fingerprint density at radius 2 is 2.11 bits per heavy atom. The van der Waals surface area contributed by atoms with Crippen molar-refractivity contribution in [1.29, 1.82) is 5.26 Å². The van der Waals surface area contributed by atoms with Crippen LogP contribution in [-0.2, 0) is 4.79 Å². The first-order valence-electron chi connectivity index (χ1n) is 5.14. The molecule has 5 heteroatoms. The molecule has 0 atom stereocenters. The maximum atomic E-state index is 10.7. The van der Waals surface area contributed by atoms with Gasteiger partial charge in [-0.25, -0.2) is 9.78 Å². The van der Waals surface area contributed by atoms with Gasteiger partial charge in [-0.3, -0.25) is 0 Å². The summed E-state index contributed by atoms with van der Waals surface area (Å²) in [4.78, 5) is 14.6. The molecule has 0 aliphatic carbocycles. The largest absolute Gasteiger partial charge is 0.477 e. The molecule has 1 heterocycles. The van der Waals surface area contributed by atoms with Gasteiger partial charge in [0.1, 0.15) is 11.6 Å². The van der Waals surface area contributed by atoms with E-state index in [1.807, 2.05) is 22.9 Å². The van der Waals surface area contributed by atoms with E-state index >= 15 is 0 Å². The second kappa shape index (κ2) is 4.97.